The Kier molecular flexibility index (Phi) is 9.86. The van der Waals surface area contributed by atoms with Crippen LogP contribution in [0.15, 0.2) is 4.99 Å². The number of aliphatic imine (C=N–C) groups is 1. The first kappa shape index (κ1) is 21.7. The molecule has 0 bridgehead atoms. The molecular formula is C19H38N4O2. The highest BCUT2D eigenvalue weighted by Gasteiger charge is 2.31. The Bertz CT molecular complexity index is 416. The molecule has 25 heavy (non-hydrogen) atoms. The van der Waals surface area contributed by atoms with E-state index >= 15 is 0 Å². The maximum atomic E-state index is 11.8. The molecule has 6 heteroatoms. The van der Waals surface area contributed by atoms with Crippen LogP contribution in [0, 0.1) is 11.3 Å². The molecule has 0 saturated heterocycles. The molecule has 1 aliphatic rings. The van der Waals surface area contributed by atoms with Gasteiger partial charge in [0, 0.05) is 40.4 Å². The van der Waals surface area contributed by atoms with Crippen LogP contribution in [0.25, 0.3) is 0 Å². The molecular weight excluding hydrogens is 316 g/mol. The fraction of sp³-hybridized carbons (Fsp3) is 0.895. The smallest absolute Gasteiger partial charge is 0.243 e. The molecule has 0 spiro atoms. The predicted molar refractivity (Wildman–Crippen MR) is 104 cm³/mol. The summed E-state index contributed by atoms with van der Waals surface area (Å²) in [5.41, 5.74) is 0.232. The van der Waals surface area contributed by atoms with E-state index in [1.807, 2.05) is 6.92 Å². The Morgan fingerprint density at radius 1 is 1.24 bits per heavy atom. The largest absolute Gasteiger partial charge is 0.382 e. The van der Waals surface area contributed by atoms with Crippen LogP contribution in [0.2, 0.25) is 0 Å². The standard InChI is InChI=1S/C19H38N4O2/c1-6-25-13-9-12-20-18(21-14-17(24)23(4)5)22-15-19(2,3)16-10-7-8-11-16/h16H,6-15H2,1-5H3,(H2,20,21,22). The van der Waals surface area contributed by atoms with Gasteiger partial charge in [-0.25, -0.2) is 4.99 Å². The summed E-state index contributed by atoms with van der Waals surface area (Å²) in [5.74, 6) is 1.49. The molecule has 0 aliphatic heterocycles. The molecule has 1 rings (SSSR count). The van der Waals surface area contributed by atoms with Crippen molar-refractivity contribution >= 4 is 11.9 Å². The average molecular weight is 355 g/mol. The van der Waals surface area contributed by atoms with Crippen LogP contribution in [0.4, 0.5) is 0 Å². The molecule has 2 N–H and O–H groups in total. The summed E-state index contributed by atoms with van der Waals surface area (Å²) < 4.78 is 5.37. The molecule has 1 saturated carbocycles. The van der Waals surface area contributed by atoms with E-state index < -0.39 is 0 Å². The third-order valence-electron chi connectivity index (χ3n) is 5.01. The van der Waals surface area contributed by atoms with E-state index in [0.29, 0.717) is 0 Å². The lowest BCUT2D eigenvalue weighted by Gasteiger charge is -2.32. The van der Waals surface area contributed by atoms with Gasteiger partial charge in [0.05, 0.1) is 0 Å². The van der Waals surface area contributed by atoms with Crippen molar-refractivity contribution in [2.45, 2.75) is 52.9 Å². The lowest BCUT2D eigenvalue weighted by molar-refractivity contribution is -0.127. The van der Waals surface area contributed by atoms with Crippen LogP contribution < -0.4 is 10.6 Å². The lowest BCUT2D eigenvalue weighted by atomic mass is 9.78. The van der Waals surface area contributed by atoms with E-state index in [1.54, 1.807) is 19.0 Å². The number of rotatable bonds is 10. The zero-order valence-corrected chi connectivity index (χ0v) is 16.9. The van der Waals surface area contributed by atoms with Crippen molar-refractivity contribution in [3.63, 3.8) is 0 Å². The van der Waals surface area contributed by atoms with E-state index in [-0.39, 0.29) is 17.9 Å². The van der Waals surface area contributed by atoms with Gasteiger partial charge >= 0.3 is 0 Å². The minimum atomic E-state index is 0.00506. The van der Waals surface area contributed by atoms with Gasteiger partial charge in [0.1, 0.15) is 6.54 Å². The van der Waals surface area contributed by atoms with Crippen molar-refractivity contribution in [2.75, 3.05) is 46.9 Å². The molecule has 0 unspecified atom stereocenters. The van der Waals surface area contributed by atoms with Gasteiger partial charge in [-0.1, -0.05) is 26.7 Å². The van der Waals surface area contributed by atoms with Gasteiger partial charge < -0.3 is 20.3 Å². The molecule has 0 radical (unpaired) electrons. The molecule has 0 heterocycles. The van der Waals surface area contributed by atoms with Crippen molar-refractivity contribution in [1.82, 2.24) is 15.5 Å². The Hall–Kier alpha value is -1.30. The summed E-state index contributed by atoms with van der Waals surface area (Å²) >= 11 is 0. The van der Waals surface area contributed by atoms with Gasteiger partial charge in [-0.3, -0.25) is 4.79 Å². The Balaban J connectivity index is 2.53. The quantitative estimate of drug-likeness (QED) is 0.359. The monoisotopic (exact) mass is 354 g/mol. The molecule has 0 aromatic carbocycles. The molecule has 146 valence electrons. The Morgan fingerprint density at radius 3 is 2.52 bits per heavy atom. The number of likely N-dealkylation sites (N-methyl/N-ethyl adjacent to an activating group) is 1. The van der Waals surface area contributed by atoms with E-state index in [4.69, 9.17) is 4.74 Å². The van der Waals surface area contributed by atoms with E-state index in [0.717, 1.165) is 44.6 Å². The fourth-order valence-electron chi connectivity index (χ4n) is 3.15. The molecule has 1 fully saturated rings. The Labute approximate surface area is 153 Å². The van der Waals surface area contributed by atoms with Gasteiger partial charge in [-0.15, -0.1) is 0 Å². The summed E-state index contributed by atoms with van der Waals surface area (Å²) in [7, 11) is 3.51. The van der Waals surface area contributed by atoms with Crippen LogP contribution in [0.3, 0.4) is 0 Å². The second-order valence-electron chi connectivity index (χ2n) is 7.75. The lowest BCUT2D eigenvalue weighted by Crippen LogP contribution is -2.45. The van der Waals surface area contributed by atoms with Crippen LogP contribution in [0.1, 0.15) is 52.9 Å². The van der Waals surface area contributed by atoms with Gasteiger partial charge in [-0.05, 0) is 37.5 Å². The number of carbonyl (C=O) groups excluding carboxylic acids is 1. The number of nitrogens with one attached hydrogen (secondary N) is 2. The zero-order valence-electron chi connectivity index (χ0n) is 16.9. The molecule has 0 aromatic rings. The van der Waals surface area contributed by atoms with Crippen molar-refractivity contribution in [3.05, 3.63) is 0 Å². The number of amides is 1. The summed E-state index contributed by atoms with van der Waals surface area (Å²) in [6.45, 7) is 9.95. The maximum Gasteiger partial charge on any atom is 0.243 e. The minimum Gasteiger partial charge on any atom is -0.382 e. The SMILES string of the molecule is CCOCCCNC(=NCC(=O)N(C)C)NCC(C)(C)C1CCCC1. The molecule has 0 atom stereocenters. The second-order valence-corrected chi connectivity index (χ2v) is 7.75. The number of hydrogen-bond acceptors (Lipinski definition) is 3. The van der Waals surface area contributed by atoms with Crippen molar-refractivity contribution < 1.29 is 9.53 Å². The summed E-state index contributed by atoms with van der Waals surface area (Å²) in [6.07, 6.45) is 6.26. The highest BCUT2D eigenvalue weighted by Crippen LogP contribution is 2.38. The van der Waals surface area contributed by atoms with Crippen molar-refractivity contribution in [1.29, 1.82) is 0 Å². The highest BCUT2D eigenvalue weighted by atomic mass is 16.5. The topological polar surface area (TPSA) is 66.0 Å². The third kappa shape index (κ3) is 8.56. The van der Waals surface area contributed by atoms with E-state index in [1.165, 1.54) is 25.7 Å². The number of hydrogen-bond donors (Lipinski definition) is 2. The van der Waals surface area contributed by atoms with Crippen LogP contribution >= 0.6 is 0 Å². The van der Waals surface area contributed by atoms with Gasteiger partial charge in [0.15, 0.2) is 5.96 Å². The third-order valence-corrected chi connectivity index (χ3v) is 5.01. The van der Waals surface area contributed by atoms with Gasteiger partial charge in [-0.2, -0.15) is 0 Å². The second kappa shape index (κ2) is 11.3. The number of guanidine groups is 1. The first-order chi connectivity index (χ1) is 11.9. The first-order valence-electron chi connectivity index (χ1n) is 9.67. The zero-order chi connectivity index (χ0) is 18.7. The molecule has 0 aromatic heterocycles. The van der Waals surface area contributed by atoms with Crippen LogP contribution in [0.5, 0.6) is 0 Å². The Morgan fingerprint density at radius 2 is 1.92 bits per heavy atom. The summed E-state index contributed by atoms with van der Waals surface area (Å²) in [5, 5.41) is 6.77. The minimum absolute atomic E-state index is 0.00506. The summed E-state index contributed by atoms with van der Waals surface area (Å²) in [4.78, 5) is 17.8. The van der Waals surface area contributed by atoms with Crippen LogP contribution in [-0.2, 0) is 9.53 Å². The van der Waals surface area contributed by atoms with Crippen molar-refractivity contribution in [3.8, 4) is 0 Å². The number of carbonyl (C=O) groups is 1. The predicted octanol–water partition coefficient (Wildman–Crippen LogP) is 2.25. The fourth-order valence-corrected chi connectivity index (χ4v) is 3.15. The van der Waals surface area contributed by atoms with Crippen LogP contribution in [-0.4, -0.2) is 63.7 Å². The van der Waals surface area contributed by atoms with Gasteiger partial charge in [0.2, 0.25) is 5.91 Å². The average Bonchev–Trinajstić information content (AvgIpc) is 3.11. The normalized spacial score (nSPS) is 16.1. The van der Waals surface area contributed by atoms with E-state index in [2.05, 4.69) is 29.5 Å². The first-order valence-corrected chi connectivity index (χ1v) is 9.67. The van der Waals surface area contributed by atoms with Gasteiger partial charge in [0.25, 0.3) is 0 Å². The maximum absolute atomic E-state index is 11.8. The molecule has 1 amide bonds. The number of nitrogens with zero attached hydrogens (tertiary/aromatic N) is 2. The van der Waals surface area contributed by atoms with E-state index in [9.17, 15) is 4.79 Å². The van der Waals surface area contributed by atoms with Crippen molar-refractivity contribution in [2.24, 2.45) is 16.3 Å². The molecule has 1 aliphatic carbocycles. The molecule has 6 nitrogen and oxygen atoms in total. The highest BCUT2D eigenvalue weighted by molar-refractivity contribution is 5.84. The summed E-state index contributed by atoms with van der Waals surface area (Å²) in [6, 6.07) is 0. The number of ether oxygens (including phenoxy) is 1.